The fourth-order valence-electron chi connectivity index (χ4n) is 2.46. The highest BCUT2D eigenvalue weighted by Gasteiger charge is 2.39. The zero-order valence-corrected chi connectivity index (χ0v) is 14.9. The summed E-state index contributed by atoms with van der Waals surface area (Å²) in [5, 5.41) is -0.153. The first-order valence-corrected chi connectivity index (χ1v) is 8.16. The van der Waals surface area contributed by atoms with Gasteiger partial charge in [-0.3, -0.25) is 9.59 Å². The van der Waals surface area contributed by atoms with Crippen LogP contribution in [0, 0.1) is 16.3 Å². The third kappa shape index (κ3) is 2.79. The van der Waals surface area contributed by atoms with Gasteiger partial charge in [-0.2, -0.15) is 0 Å². The van der Waals surface area contributed by atoms with E-state index >= 15 is 0 Å². The van der Waals surface area contributed by atoms with Crippen LogP contribution in [0.15, 0.2) is 47.5 Å². The fraction of sp³-hybridized carbons (Fsp3) is 0.0588. The molecule has 1 aliphatic rings. The molecule has 2 amide bonds. The van der Waals surface area contributed by atoms with Crippen LogP contribution in [0.4, 0.5) is 10.1 Å². The Morgan fingerprint density at radius 3 is 2.30 bits per heavy atom. The molecule has 0 bridgehead atoms. The van der Waals surface area contributed by atoms with Crippen LogP contribution in [-0.2, 0) is 9.59 Å². The van der Waals surface area contributed by atoms with Gasteiger partial charge in [-0.25, -0.2) is 9.29 Å². The summed E-state index contributed by atoms with van der Waals surface area (Å²) in [7, 11) is 0. The smallest absolute Gasteiger partial charge is 0.268 e. The molecule has 0 atom stereocenters. The van der Waals surface area contributed by atoms with Crippen LogP contribution in [0.5, 0.6) is 0 Å². The summed E-state index contributed by atoms with van der Waals surface area (Å²) in [6, 6.07) is 10.7. The number of hydrogen-bond donors (Lipinski definition) is 0. The van der Waals surface area contributed by atoms with Gasteiger partial charge in [0.25, 0.3) is 11.8 Å². The molecule has 0 fully saturated rings. The average molecular weight is 442 g/mol. The Balaban J connectivity index is 2.07. The summed E-state index contributed by atoms with van der Waals surface area (Å²) in [5.41, 5.74) is 1.80. The first-order chi connectivity index (χ1) is 10.9. The van der Waals surface area contributed by atoms with Crippen molar-refractivity contribution in [3.05, 3.63) is 68.0 Å². The Hall–Kier alpha value is -1.73. The first-order valence-electron chi connectivity index (χ1n) is 6.71. The molecule has 0 radical (unpaired) electrons. The van der Waals surface area contributed by atoms with Crippen LogP contribution in [0.25, 0.3) is 5.57 Å². The highest BCUT2D eigenvalue weighted by molar-refractivity contribution is 14.1. The van der Waals surface area contributed by atoms with Crippen LogP contribution < -0.4 is 4.90 Å². The highest BCUT2D eigenvalue weighted by atomic mass is 127. The van der Waals surface area contributed by atoms with E-state index < -0.39 is 17.6 Å². The summed E-state index contributed by atoms with van der Waals surface area (Å²) in [6.45, 7) is 1.82. The van der Waals surface area contributed by atoms with E-state index in [0.717, 1.165) is 14.0 Å². The lowest BCUT2D eigenvalue weighted by Crippen LogP contribution is -2.31. The van der Waals surface area contributed by atoms with Gasteiger partial charge in [-0.15, -0.1) is 0 Å². The molecule has 2 aromatic rings. The van der Waals surface area contributed by atoms with Gasteiger partial charge in [0.15, 0.2) is 0 Å². The van der Waals surface area contributed by atoms with E-state index in [-0.39, 0.29) is 10.6 Å². The zero-order valence-electron chi connectivity index (χ0n) is 11.9. The zero-order chi connectivity index (χ0) is 16.7. The van der Waals surface area contributed by atoms with Crippen LogP contribution in [-0.4, -0.2) is 11.8 Å². The molecule has 23 heavy (non-hydrogen) atoms. The molecule has 0 aromatic heterocycles. The summed E-state index contributed by atoms with van der Waals surface area (Å²) in [5.74, 6) is -1.50. The quantitative estimate of drug-likeness (QED) is 0.516. The van der Waals surface area contributed by atoms with Crippen molar-refractivity contribution in [1.29, 1.82) is 0 Å². The van der Waals surface area contributed by atoms with E-state index in [0.29, 0.717) is 11.3 Å². The second-order valence-electron chi connectivity index (χ2n) is 5.07. The molecular formula is C17H10ClFINO2. The van der Waals surface area contributed by atoms with Crippen molar-refractivity contribution in [2.24, 2.45) is 0 Å². The maximum absolute atomic E-state index is 13.1. The van der Waals surface area contributed by atoms with E-state index in [9.17, 15) is 14.0 Å². The van der Waals surface area contributed by atoms with E-state index in [1.54, 1.807) is 6.07 Å². The Bertz CT molecular complexity index is 861. The third-order valence-corrected chi connectivity index (χ3v) is 4.58. The van der Waals surface area contributed by atoms with Crippen molar-refractivity contribution in [3.63, 3.8) is 0 Å². The molecule has 6 heteroatoms. The number of rotatable bonds is 2. The Kier molecular flexibility index (Phi) is 4.25. The van der Waals surface area contributed by atoms with Crippen LogP contribution in [0.2, 0.25) is 0 Å². The van der Waals surface area contributed by atoms with Gasteiger partial charge in [-0.1, -0.05) is 23.7 Å². The van der Waals surface area contributed by atoms with Gasteiger partial charge in [0, 0.05) is 3.57 Å². The molecule has 0 saturated heterocycles. The Labute approximate surface area is 150 Å². The largest absolute Gasteiger partial charge is 0.277 e. The van der Waals surface area contributed by atoms with Crippen molar-refractivity contribution in [3.8, 4) is 0 Å². The number of aryl methyl sites for hydroxylation is 1. The lowest BCUT2D eigenvalue weighted by molar-refractivity contribution is -0.119. The number of amides is 2. The molecule has 0 aliphatic carbocycles. The van der Waals surface area contributed by atoms with Crippen molar-refractivity contribution >= 4 is 57.3 Å². The summed E-state index contributed by atoms with van der Waals surface area (Å²) < 4.78 is 14.1. The van der Waals surface area contributed by atoms with E-state index in [4.69, 9.17) is 11.6 Å². The monoisotopic (exact) mass is 441 g/mol. The van der Waals surface area contributed by atoms with Crippen molar-refractivity contribution in [1.82, 2.24) is 0 Å². The maximum atomic E-state index is 13.1. The number of carbonyl (C=O) groups is 2. The van der Waals surface area contributed by atoms with E-state index in [1.807, 2.05) is 19.1 Å². The molecule has 0 unspecified atom stereocenters. The Morgan fingerprint density at radius 2 is 1.70 bits per heavy atom. The predicted octanol–water partition coefficient (Wildman–Crippen LogP) is 4.26. The molecule has 0 saturated carbocycles. The first kappa shape index (κ1) is 16.1. The molecule has 0 spiro atoms. The van der Waals surface area contributed by atoms with Gasteiger partial charge >= 0.3 is 0 Å². The molecule has 0 N–H and O–H groups in total. The fourth-order valence-corrected chi connectivity index (χ4v) is 3.38. The standard InChI is InChI=1S/C17H10ClFINO2/c1-9-8-12(20)6-7-13(9)21-16(22)14(15(18)17(21)23)10-2-4-11(19)5-3-10/h2-8H,1H3. The minimum atomic E-state index is -0.569. The van der Waals surface area contributed by atoms with E-state index in [1.165, 1.54) is 24.3 Å². The Morgan fingerprint density at radius 1 is 1.04 bits per heavy atom. The van der Waals surface area contributed by atoms with Gasteiger partial charge in [0.1, 0.15) is 10.8 Å². The second kappa shape index (κ2) is 6.05. The van der Waals surface area contributed by atoms with Crippen molar-refractivity contribution in [2.75, 3.05) is 4.90 Å². The number of nitrogens with zero attached hydrogens (tertiary/aromatic N) is 1. The molecule has 116 valence electrons. The SMILES string of the molecule is Cc1cc(I)ccc1N1C(=O)C(Cl)=C(c2ccc(F)cc2)C1=O. The molecule has 3 rings (SSSR count). The topological polar surface area (TPSA) is 37.4 Å². The van der Waals surface area contributed by atoms with Crippen LogP contribution in [0.1, 0.15) is 11.1 Å². The lowest BCUT2D eigenvalue weighted by Gasteiger charge is -2.17. The molecule has 1 heterocycles. The predicted molar refractivity (Wildman–Crippen MR) is 95.6 cm³/mol. The van der Waals surface area contributed by atoms with Gasteiger partial charge in [0.05, 0.1) is 11.3 Å². The molecule has 3 nitrogen and oxygen atoms in total. The van der Waals surface area contributed by atoms with Gasteiger partial charge in [-0.05, 0) is 71.0 Å². The molecular weight excluding hydrogens is 432 g/mol. The van der Waals surface area contributed by atoms with E-state index in [2.05, 4.69) is 22.6 Å². The summed E-state index contributed by atoms with van der Waals surface area (Å²) in [6.07, 6.45) is 0. The number of imide groups is 1. The second-order valence-corrected chi connectivity index (χ2v) is 6.70. The van der Waals surface area contributed by atoms with Gasteiger partial charge in [0.2, 0.25) is 0 Å². The third-order valence-electron chi connectivity index (χ3n) is 3.56. The van der Waals surface area contributed by atoms with Gasteiger partial charge < -0.3 is 0 Å². The number of halogens is 3. The van der Waals surface area contributed by atoms with Crippen LogP contribution in [0.3, 0.4) is 0 Å². The highest BCUT2D eigenvalue weighted by Crippen LogP contribution is 2.36. The molecule has 2 aromatic carbocycles. The maximum Gasteiger partial charge on any atom is 0.277 e. The number of carbonyl (C=O) groups excluding carboxylic acids is 2. The lowest BCUT2D eigenvalue weighted by atomic mass is 10.1. The summed E-state index contributed by atoms with van der Waals surface area (Å²) in [4.78, 5) is 26.2. The van der Waals surface area contributed by atoms with Crippen molar-refractivity contribution in [2.45, 2.75) is 6.92 Å². The number of hydrogen-bond acceptors (Lipinski definition) is 2. The minimum absolute atomic E-state index is 0.0922. The summed E-state index contributed by atoms with van der Waals surface area (Å²) >= 11 is 8.25. The van der Waals surface area contributed by atoms with Crippen molar-refractivity contribution < 1.29 is 14.0 Å². The minimum Gasteiger partial charge on any atom is -0.268 e. The number of benzene rings is 2. The van der Waals surface area contributed by atoms with Crippen LogP contribution >= 0.6 is 34.2 Å². The average Bonchev–Trinajstić information content (AvgIpc) is 2.72. The number of anilines is 1. The normalized spacial score (nSPS) is 14.9. The molecule has 1 aliphatic heterocycles.